The van der Waals surface area contributed by atoms with Crippen molar-refractivity contribution in [3.63, 3.8) is 0 Å². The lowest BCUT2D eigenvalue weighted by molar-refractivity contribution is -0.127. The fraction of sp³-hybridized carbons (Fsp3) is 0.923. The van der Waals surface area contributed by atoms with Gasteiger partial charge in [0.15, 0.2) is 9.84 Å². The SMILES string of the molecule is CC(C)(CNC(=O)C1C2CCC(C2)C1N)S(C)(=O)=O. The van der Waals surface area contributed by atoms with Crippen molar-refractivity contribution in [2.75, 3.05) is 12.8 Å². The lowest BCUT2D eigenvalue weighted by atomic mass is 9.84. The third-order valence-electron chi connectivity index (χ3n) is 4.98. The number of carbonyl (C=O) groups excluding carboxylic acids is 1. The molecule has 0 aliphatic heterocycles. The summed E-state index contributed by atoms with van der Waals surface area (Å²) in [4.78, 5) is 12.2. The lowest BCUT2D eigenvalue weighted by Gasteiger charge is -2.29. The summed E-state index contributed by atoms with van der Waals surface area (Å²) >= 11 is 0. The van der Waals surface area contributed by atoms with Gasteiger partial charge >= 0.3 is 0 Å². The summed E-state index contributed by atoms with van der Waals surface area (Å²) in [6.07, 6.45) is 4.45. The molecule has 0 radical (unpaired) electrons. The van der Waals surface area contributed by atoms with E-state index in [4.69, 9.17) is 5.73 Å². The van der Waals surface area contributed by atoms with Gasteiger partial charge in [0.2, 0.25) is 5.91 Å². The third-order valence-corrected chi connectivity index (χ3v) is 7.13. The Hall–Kier alpha value is -0.620. The van der Waals surface area contributed by atoms with Gasteiger partial charge < -0.3 is 11.1 Å². The van der Waals surface area contributed by atoms with Crippen LogP contribution in [0.2, 0.25) is 0 Å². The molecule has 0 saturated heterocycles. The topological polar surface area (TPSA) is 89.3 Å². The van der Waals surface area contributed by atoms with Gasteiger partial charge in [0.1, 0.15) is 0 Å². The number of nitrogens with two attached hydrogens (primary N) is 1. The molecule has 2 bridgehead atoms. The standard InChI is InChI=1S/C13H24N2O3S/c1-13(2,19(3,17)18)7-15-12(16)10-8-4-5-9(6-8)11(10)14/h8-11H,4-7,14H2,1-3H3,(H,15,16). The first-order valence-corrected chi connectivity index (χ1v) is 8.75. The van der Waals surface area contributed by atoms with Crippen molar-refractivity contribution >= 4 is 15.7 Å². The van der Waals surface area contributed by atoms with Gasteiger partial charge in [0, 0.05) is 18.8 Å². The number of fused-ring (bicyclic) bond motifs is 2. The molecule has 5 nitrogen and oxygen atoms in total. The van der Waals surface area contributed by atoms with Crippen LogP contribution in [0.3, 0.4) is 0 Å². The van der Waals surface area contributed by atoms with Gasteiger partial charge in [-0.1, -0.05) is 0 Å². The quantitative estimate of drug-likeness (QED) is 0.778. The van der Waals surface area contributed by atoms with Gasteiger partial charge in [-0.05, 0) is 44.9 Å². The van der Waals surface area contributed by atoms with Crippen molar-refractivity contribution in [2.24, 2.45) is 23.5 Å². The normalized spacial score (nSPS) is 34.5. The highest BCUT2D eigenvalue weighted by Gasteiger charge is 2.49. The van der Waals surface area contributed by atoms with Crippen molar-refractivity contribution in [2.45, 2.75) is 43.9 Å². The first-order valence-electron chi connectivity index (χ1n) is 6.86. The van der Waals surface area contributed by atoms with Gasteiger partial charge in [0.05, 0.1) is 10.7 Å². The minimum atomic E-state index is -3.19. The first-order chi connectivity index (χ1) is 8.63. The van der Waals surface area contributed by atoms with Crippen molar-refractivity contribution in [3.05, 3.63) is 0 Å². The Kier molecular flexibility index (Phi) is 3.68. The maximum Gasteiger partial charge on any atom is 0.225 e. The molecule has 110 valence electrons. The van der Waals surface area contributed by atoms with Crippen LogP contribution in [0.15, 0.2) is 0 Å². The number of hydrogen-bond acceptors (Lipinski definition) is 4. The molecule has 0 aromatic rings. The molecular weight excluding hydrogens is 264 g/mol. The number of rotatable bonds is 4. The molecule has 2 aliphatic carbocycles. The average Bonchev–Trinajstić information content (AvgIpc) is 2.84. The van der Waals surface area contributed by atoms with Crippen LogP contribution in [0.1, 0.15) is 33.1 Å². The molecular formula is C13H24N2O3S. The zero-order chi connectivity index (χ0) is 14.4. The van der Waals surface area contributed by atoms with E-state index in [-0.39, 0.29) is 24.4 Å². The number of carbonyl (C=O) groups is 1. The Bertz CT molecular complexity index is 470. The van der Waals surface area contributed by atoms with E-state index in [0.717, 1.165) is 19.3 Å². The summed E-state index contributed by atoms with van der Waals surface area (Å²) in [5.74, 6) is 0.663. The van der Waals surface area contributed by atoms with Crippen LogP contribution in [-0.2, 0) is 14.6 Å². The van der Waals surface area contributed by atoms with Crippen molar-refractivity contribution < 1.29 is 13.2 Å². The molecule has 6 heteroatoms. The van der Waals surface area contributed by atoms with Crippen LogP contribution < -0.4 is 11.1 Å². The molecule has 2 rings (SSSR count). The smallest absolute Gasteiger partial charge is 0.225 e. The first kappa shape index (κ1) is 14.8. The summed E-state index contributed by atoms with van der Waals surface area (Å²) in [6, 6.07) is -0.0555. The second-order valence-electron chi connectivity index (χ2n) is 6.69. The summed E-state index contributed by atoms with van der Waals surface area (Å²) in [5, 5.41) is 2.79. The molecule has 0 aromatic heterocycles. The van der Waals surface area contributed by atoms with E-state index < -0.39 is 14.6 Å². The van der Waals surface area contributed by atoms with E-state index in [1.54, 1.807) is 13.8 Å². The number of amides is 1. The predicted molar refractivity (Wildman–Crippen MR) is 74.2 cm³/mol. The molecule has 2 fully saturated rings. The Morgan fingerprint density at radius 1 is 1.32 bits per heavy atom. The molecule has 0 heterocycles. The fourth-order valence-electron chi connectivity index (χ4n) is 3.27. The zero-order valence-corrected chi connectivity index (χ0v) is 12.7. The largest absolute Gasteiger partial charge is 0.354 e. The summed E-state index contributed by atoms with van der Waals surface area (Å²) in [5.41, 5.74) is 6.11. The fourth-order valence-corrected chi connectivity index (χ4v) is 3.61. The Labute approximate surface area is 115 Å². The van der Waals surface area contributed by atoms with Crippen molar-refractivity contribution in [1.29, 1.82) is 0 Å². The molecule has 19 heavy (non-hydrogen) atoms. The zero-order valence-electron chi connectivity index (χ0n) is 11.8. The summed E-state index contributed by atoms with van der Waals surface area (Å²) in [6.45, 7) is 3.40. The predicted octanol–water partition coefficient (Wildman–Crippen LogP) is 0.299. The summed E-state index contributed by atoms with van der Waals surface area (Å²) in [7, 11) is -3.19. The average molecular weight is 288 g/mol. The monoisotopic (exact) mass is 288 g/mol. The van der Waals surface area contributed by atoms with E-state index in [1.165, 1.54) is 6.26 Å². The maximum absolute atomic E-state index is 12.2. The minimum Gasteiger partial charge on any atom is -0.354 e. The molecule has 4 atom stereocenters. The van der Waals surface area contributed by atoms with E-state index in [0.29, 0.717) is 11.8 Å². The van der Waals surface area contributed by atoms with Gasteiger partial charge in [-0.3, -0.25) is 4.79 Å². The molecule has 3 N–H and O–H groups in total. The van der Waals surface area contributed by atoms with Gasteiger partial charge in [0.25, 0.3) is 0 Å². The Balaban J connectivity index is 1.96. The Morgan fingerprint density at radius 2 is 1.89 bits per heavy atom. The van der Waals surface area contributed by atoms with Crippen LogP contribution in [0.25, 0.3) is 0 Å². The van der Waals surface area contributed by atoms with Crippen LogP contribution in [0.5, 0.6) is 0 Å². The van der Waals surface area contributed by atoms with E-state index >= 15 is 0 Å². The highest BCUT2D eigenvalue weighted by molar-refractivity contribution is 7.92. The lowest BCUT2D eigenvalue weighted by Crippen LogP contribution is -2.50. The molecule has 1 amide bonds. The van der Waals surface area contributed by atoms with Crippen LogP contribution in [0, 0.1) is 17.8 Å². The summed E-state index contributed by atoms with van der Waals surface area (Å²) < 4.78 is 22.3. The number of nitrogens with one attached hydrogen (secondary N) is 1. The van der Waals surface area contributed by atoms with Crippen LogP contribution in [0.4, 0.5) is 0 Å². The van der Waals surface area contributed by atoms with E-state index in [2.05, 4.69) is 5.32 Å². The Morgan fingerprint density at radius 3 is 2.37 bits per heavy atom. The maximum atomic E-state index is 12.2. The van der Waals surface area contributed by atoms with Crippen LogP contribution in [-0.4, -0.2) is 37.9 Å². The molecule has 4 unspecified atom stereocenters. The highest BCUT2D eigenvalue weighted by Crippen LogP contribution is 2.47. The van der Waals surface area contributed by atoms with E-state index in [1.807, 2.05) is 0 Å². The molecule has 2 saturated carbocycles. The van der Waals surface area contributed by atoms with Gasteiger partial charge in [-0.25, -0.2) is 8.42 Å². The van der Waals surface area contributed by atoms with Crippen molar-refractivity contribution in [3.8, 4) is 0 Å². The van der Waals surface area contributed by atoms with E-state index in [9.17, 15) is 13.2 Å². The van der Waals surface area contributed by atoms with Crippen LogP contribution >= 0.6 is 0 Å². The molecule has 0 aromatic carbocycles. The second-order valence-corrected chi connectivity index (χ2v) is 9.34. The van der Waals surface area contributed by atoms with Gasteiger partial charge in [-0.2, -0.15) is 0 Å². The minimum absolute atomic E-state index is 0.0555. The number of sulfone groups is 1. The highest BCUT2D eigenvalue weighted by atomic mass is 32.2. The van der Waals surface area contributed by atoms with Gasteiger partial charge in [-0.15, -0.1) is 0 Å². The number of hydrogen-bond donors (Lipinski definition) is 2. The third kappa shape index (κ3) is 2.65. The second kappa shape index (κ2) is 4.74. The molecule has 2 aliphatic rings. The molecule has 0 spiro atoms. The van der Waals surface area contributed by atoms with Crippen molar-refractivity contribution in [1.82, 2.24) is 5.32 Å².